The number of rotatable bonds is 22. The van der Waals surface area contributed by atoms with Crippen LogP contribution in [0.25, 0.3) is 0 Å². The lowest BCUT2D eigenvalue weighted by Crippen LogP contribution is -2.15. The average Bonchev–Trinajstić information content (AvgIpc) is 2.73. The highest BCUT2D eigenvalue weighted by atomic mass is 16.5. The van der Waals surface area contributed by atoms with Crippen LogP contribution in [0.5, 0.6) is 0 Å². The van der Waals surface area contributed by atoms with Gasteiger partial charge >= 0.3 is 11.9 Å². The van der Waals surface area contributed by atoms with Crippen LogP contribution >= 0.6 is 0 Å². The van der Waals surface area contributed by atoms with E-state index in [1.807, 2.05) is 6.92 Å². The van der Waals surface area contributed by atoms with Gasteiger partial charge in [0.2, 0.25) is 0 Å². The van der Waals surface area contributed by atoms with Crippen LogP contribution in [0.1, 0.15) is 137 Å². The summed E-state index contributed by atoms with van der Waals surface area (Å²) in [4.78, 5) is 23.3. The lowest BCUT2D eigenvalue weighted by Gasteiger charge is -2.13. The number of unbranched alkanes of at least 4 members (excludes halogenated alkanes) is 15. The topological polar surface area (TPSA) is 52.6 Å². The summed E-state index contributed by atoms with van der Waals surface area (Å²) >= 11 is 0. The molecule has 188 valence electrons. The number of ether oxygens (including phenoxy) is 2. The van der Waals surface area contributed by atoms with E-state index < -0.39 is 11.9 Å². The van der Waals surface area contributed by atoms with Crippen LogP contribution in [-0.2, 0) is 19.1 Å². The van der Waals surface area contributed by atoms with Crippen molar-refractivity contribution in [2.45, 2.75) is 143 Å². The van der Waals surface area contributed by atoms with E-state index in [4.69, 9.17) is 9.47 Å². The summed E-state index contributed by atoms with van der Waals surface area (Å²) in [7, 11) is 0. The predicted molar refractivity (Wildman–Crippen MR) is 135 cm³/mol. The van der Waals surface area contributed by atoms with Crippen LogP contribution < -0.4 is 0 Å². The van der Waals surface area contributed by atoms with Gasteiger partial charge in [0.1, 0.15) is 0 Å². The Balaban J connectivity index is 3.39. The first kappa shape index (κ1) is 30.7. The Bertz CT molecular complexity index is 470. The minimum atomic E-state index is -0.488. The molecule has 32 heavy (non-hydrogen) atoms. The second-order valence-corrected chi connectivity index (χ2v) is 9.68. The van der Waals surface area contributed by atoms with E-state index in [2.05, 4.69) is 20.8 Å². The van der Waals surface area contributed by atoms with Crippen molar-refractivity contribution in [2.75, 3.05) is 6.61 Å². The third-order valence-corrected chi connectivity index (χ3v) is 5.72. The summed E-state index contributed by atoms with van der Waals surface area (Å²) < 4.78 is 10.4. The fourth-order valence-electron chi connectivity index (χ4n) is 3.96. The lowest BCUT2D eigenvalue weighted by atomic mass is 10.0. The van der Waals surface area contributed by atoms with Crippen molar-refractivity contribution in [3.05, 3.63) is 12.2 Å². The SMILES string of the molecule is CCCCCCCCCCCCCCCCCCOC(=O)/C=C/C(=O)OC(C)CC(C)C. The van der Waals surface area contributed by atoms with Gasteiger partial charge in [-0.3, -0.25) is 0 Å². The molecule has 0 heterocycles. The first-order chi connectivity index (χ1) is 15.5. The van der Waals surface area contributed by atoms with Gasteiger partial charge < -0.3 is 9.47 Å². The average molecular weight is 453 g/mol. The quantitative estimate of drug-likeness (QED) is 0.0941. The monoisotopic (exact) mass is 452 g/mol. The van der Waals surface area contributed by atoms with Gasteiger partial charge in [-0.05, 0) is 25.7 Å². The predicted octanol–water partition coefficient (Wildman–Crippen LogP) is 8.33. The molecule has 0 aromatic heterocycles. The van der Waals surface area contributed by atoms with E-state index in [0.717, 1.165) is 31.4 Å². The molecule has 0 aliphatic rings. The van der Waals surface area contributed by atoms with E-state index >= 15 is 0 Å². The Kier molecular flexibility index (Phi) is 21.9. The highest BCUT2D eigenvalue weighted by Crippen LogP contribution is 2.13. The Labute approximate surface area is 198 Å². The molecule has 0 aliphatic heterocycles. The minimum absolute atomic E-state index is 0.145. The summed E-state index contributed by atoms with van der Waals surface area (Å²) in [6.45, 7) is 8.71. The molecule has 0 saturated carbocycles. The highest BCUT2D eigenvalue weighted by Gasteiger charge is 2.09. The zero-order valence-electron chi connectivity index (χ0n) is 21.7. The number of esters is 2. The molecule has 0 radical (unpaired) electrons. The molecular formula is C28H52O4. The van der Waals surface area contributed by atoms with Crippen LogP contribution in [-0.4, -0.2) is 24.6 Å². The van der Waals surface area contributed by atoms with Crippen molar-refractivity contribution in [3.63, 3.8) is 0 Å². The van der Waals surface area contributed by atoms with E-state index in [-0.39, 0.29) is 6.10 Å². The first-order valence-electron chi connectivity index (χ1n) is 13.5. The van der Waals surface area contributed by atoms with Gasteiger partial charge in [-0.15, -0.1) is 0 Å². The zero-order chi connectivity index (χ0) is 23.9. The molecule has 4 heteroatoms. The maximum Gasteiger partial charge on any atom is 0.331 e. The molecule has 0 rings (SSSR count). The van der Waals surface area contributed by atoms with Gasteiger partial charge in [0.25, 0.3) is 0 Å². The Morgan fingerprint density at radius 2 is 1.03 bits per heavy atom. The fourth-order valence-corrected chi connectivity index (χ4v) is 3.96. The maximum absolute atomic E-state index is 11.7. The molecule has 0 saturated heterocycles. The standard InChI is InChI=1S/C28H52O4/c1-5-6-7-8-9-10-11-12-13-14-15-16-17-18-19-20-23-31-27(29)21-22-28(30)32-26(4)24-25(2)3/h21-22,25-26H,5-20,23-24H2,1-4H3/b22-21+. The molecule has 0 bridgehead atoms. The highest BCUT2D eigenvalue weighted by molar-refractivity contribution is 5.91. The Morgan fingerprint density at radius 1 is 0.625 bits per heavy atom. The Hall–Kier alpha value is -1.32. The second kappa shape index (κ2) is 22.9. The third kappa shape index (κ3) is 23.3. The van der Waals surface area contributed by atoms with Crippen LogP contribution in [0.4, 0.5) is 0 Å². The second-order valence-electron chi connectivity index (χ2n) is 9.68. The summed E-state index contributed by atoms with van der Waals surface area (Å²) in [5.41, 5.74) is 0. The van der Waals surface area contributed by atoms with Crippen LogP contribution in [0.15, 0.2) is 12.2 Å². The molecule has 0 N–H and O–H groups in total. The largest absolute Gasteiger partial charge is 0.463 e. The van der Waals surface area contributed by atoms with Crippen molar-refractivity contribution >= 4 is 11.9 Å². The summed E-state index contributed by atoms with van der Waals surface area (Å²) in [6.07, 6.45) is 24.1. The molecule has 0 aliphatic carbocycles. The number of hydrogen-bond donors (Lipinski definition) is 0. The zero-order valence-corrected chi connectivity index (χ0v) is 21.7. The smallest absolute Gasteiger partial charge is 0.331 e. The van der Waals surface area contributed by atoms with Gasteiger partial charge in [-0.25, -0.2) is 9.59 Å². The van der Waals surface area contributed by atoms with Crippen molar-refractivity contribution < 1.29 is 19.1 Å². The third-order valence-electron chi connectivity index (χ3n) is 5.72. The van der Waals surface area contributed by atoms with E-state index in [1.54, 1.807) is 0 Å². The van der Waals surface area contributed by atoms with Crippen LogP contribution in [0.2, 0.25) is 0 Å². The van der Waals surface area contributed by atoms with Gasteiger partial charge in [-0.2, -0.15) is 0 Å². The maximum atomic E-state index is 11.7. The molecule has 0 spiro atoms. The molecule has 4 nitrogen and oxygen atoms in total. The van der Waals surface area contributed by atoms with Crippen molar-refractivity contribution in [2.24, 2.45) is 5.92 Å². The number of hydrogen-bond acceptors (Lipinski definition) is 4. The number of carbonyl (C=O) groups excluding carboxylic acids is 2. The normalized spacial score (nSPS) is 12.4. The molecule has 0 aromatic rings. The van der Waals surface area contributed by atoms with Gasteiger partial charge in [0, 0.05) is 12.2 Å². The van der Waals surface area contributed by atoms with Crippen molar-refractivity contribution in [1.29, 1.82) is 0 Å². The molecule has 0 amide bonds. The first-order valence-corrected chi connectivity index (χ1v) is 13.5. The van der Waals surface area contributed by atoms with Crippen molar-refractivity contribution in [1.82, 2.24) is 0 Å². The van der Waals surface area contributed by atoms with Crippen molar-refractivity contribution in [3.8, 4) is 0 Å². The summed E-state index contributed by atoms with van der Waals surface area (Å²) in [5.74, 6) is -0.497. The van der Waals surface area contributed by atoms with Gasteiger partial charge in [0.15, 0.2) is 0 Å². The summed E-state index contributed by atoms with van der Waals surface area (Å²) in [5, 5.41) is 0. The molecule has 1 atom stereocenters. The van der Waals surface area contributed by atoms with Crippen LogP contribution in [0, 0.1) is 5.92 Å². The lowest BCUT2D eigenvalue weighted by molar-refractivity contribution is -0.144. The number of carbonyl (C=O) groups is 2. The molecular weight excluding hydrogens is 400 g/mol. The van der Waals surface area contributed by atoms with Crippen LogP contribution in [0.3, 0.4) is 0 Å². The minimum Gasteiger partial charge on any atom is -0.463 e. The fraction of sp³-hybridized carbons (Fsp3) is 0.857. The Morgan fingerprint density at radius 3 is 1.47 bits per heavy atom. The molecule has 0 aromatic carbocycles. The van der Waals surface area contributed by atoms with E-state index in [0.29, 0.717) is 12.5 Å². The van der Waals surface area contributed by atoms with Gasteiger partial charge in [-0.1, -0.05) is 117 Å². The molecule has 0 fully saturated rings. The summed E-state index contributed by atoms with van der Waals surface area (Å²) in [6, 6.07) is 0. The van der Waals surface area contributed by atoms with E-state index in [9.17, 15) is 9.59 Å². The van der Waals surface area contributed by atoms with Gasteiger partial charge in [0.05, 0.1) is 12.7 Å². The van der Waals surface area contributed by atoms with E-state index in [1.165, 1.54) is 89.9 Å². The molecule has 1 unspecified atom stereocenters.